The van der Waals surface area contributed by atoms with E-state index >= 15 is 4.39 Å². The first-order valence-corrected chi connectivity index (χ1v) is 11.6. The fraction of sp³-hybridized carbons (Fsp3) is 0.240. The highest BCUT2D eigenvalue weighted by Gasteiger charge is 2.42. The Morgan fingerprint density at radius 2 is 1.97 bits per heavy atom. The lowest BCUT2D eigenvalue weighted by Gasteiger charge is -2.36. The predicted octanol–water partition coefficient (Wildman–Crippen LogP) is 3.67. The number of piperidine rings is 1. The highest BCUT2D eigenvalue weighted by atomic mass is 19.3. The Balaban J connectivity index is 1.61. The molecule has 0 saturated carbocycles. The molecule has 0 bridgehead atoms. The summed E-state index contributed by atoms with van der Waals surface area (Å²) < 4.78 is 61.4. The SMILES string of the molecule is Cn1nnc2cc(-c3c(-c4ccc(C#N)c(F)c4)nc4c(N5CCC(F)(F)[C@@H](N)C5)nccn34)c(F)cc21. The fourth-order valence-corrected chi connectivity index (χ4v) is 4.76. The number of hydrogen-bond acceptors (Lipinski definition) is 7. The number of fused-ring (bicyclic) bond motifs is 2. The van der Waals surface area contributed by atoms with Gasteiger partial charge in [-0.05, 0) is 18.2 Å². The van der Waals surface area contributed by atoms with E-state index in [9.17, 15) is 13.2 Å². The minimum absolute atomic E-state index is 0.0175. The maximum Gasteiger partial charge on any atom is 0.266 e. The number of nitrogens with two attached hydrogens (primary N) is 1. The molecule has 38 heavy (non-hydrogen) atoms. The van der Waals surface area contributed by atoms with E-state index in [0.717, 1.165) is 6.07 Å². The second-order valence-electron chi connectivity index (χ2n) is 9.16. The molecule has 2 aromatic carbocycles. The highest BCUT2D eigenvalue weighted by Crippen LogP contribution is 2.39. The highest BCUT2D eigenvalue weighted by molar-refractivity contribution is 5.89. The molecule has 0 radical (unpaired) electrons. The summed E-state index contributed by atoms with van der Waals surface area (Å²) in [6, 6.07) is 7.14. The van der Waals surface area contributed by atoms with E-state index in [0.29, 0.717) is 11.0 Å². The Labute approximate surface area is 212 Å². The van der Waals surface area contributed by atoms with Crippen molar-refractivity contribution >= 4 is 22.5 Å². The molecule has 1 fully saturated rings. The lowest BCUT2D eigenvalue weighted by molar-refractivity contribution is -0.0393. The number of aryl methyl sites for hydroxylation is 1. The molecule has 5 aromatic rings. The minimum atomic E-state index is -3.01. The van der Waals surface area contributed by atoms with E-state index in [1.807, 2.05) is 0 Å². The maximum absolute atomic E-state index is 15.6. The number of halogens is 4. The van der Waals surface area contributed by atoms with Crippen LogP contribution in [0, 0.1) is 23.0 Å². The normalized spacial score (nSPS) is 17.3. The number of benzene rings is 2. The van der Waals surface area contributed by atoms with Gasteiger partial charge in [-0.2, -0.15) is 5.26 Å². The van der Waals surface area contributed by atoms with E-state index in [4.69, 9.17) is 16.0 Å². The standard InChI is InChI=1S/C25H19F4N9/c1-36-19-10-17(27)15(9-18(19)34-35-36)22-21(13-2-3-14(11-30)16(26)8-13)33-24-23(32-5-7-38(22)24)37-6-4-25(28,29)20(31)12-37/h2-3,5,7-10,20H,4,6,12,31H2,1H3/t20-/m0/s1. The molecular formula is C25H19F4N9. The topological polar surface area (TPSA) is 114 Å². The Morgan fingerprint density at radius 1 is 1.16 bits per heavy atom. The first-order valence-electron chi connectivity index (χ1n) is 11.6. The second kappa shape index (κ2) is 8.49. The van der Waals surface area contributed by atoms with Gasteiger partial charge in [-0.3, -0.25) is 4.40 Å². The second-order valence-corrected chi connectivity index (χ2v) is 9.16. The lowest BCUT2D eigenvalue weighted by Crippen LogP contribution is -2.55. The molecule has 6 rings (SSSR count). The van der Waals surface area contributed by atoms with Gasteiger partial charge in [0, 0.05) is 56.1 Å². The molecule has 192 valence electrons. The summed E-state index contributed by atoms with van der Waals surface area (Å²) in [5, 5.41) is 17.2. The van der Waals surface area contributed by atoms with Crippen LogP contribution in [-0.2, 0) is 7.05 Å². The summed E-state index contributed by atoms with van der Waals surface area (Å²) in [6.07, 6.45) is 2.55. The van der Waals surface area contributed by atoms with Gasteiger partial charge < -0.3 is 10.6 Å². The largest absolute Gasteiger partial charge is 0.352 e. The molecule has 9 nitrogen and oxygen atoms in total. The van der Waals surface area contributed by atoms with Crippen molar-refractivity contribution in [2.75, 3.05) is 18.0 Å². The first-order chi connectivity index (χ1) is 18.2. The van der Waals surface area contributed by atoms with Crippen molar-refractivity contribution in [2.45, 2.75) is 18.4 Å². The Bertz CT molecular complexity index is 1770. The summed E-state index contributed by atoms with van der Waals surface area (Å²) >= 11 is 0. The van der Waals surface area contributed by atoms with Gasteiger partial charge in [0.25, 0.3) is 5.92 Å². The molecule has 4 heterocycles. The number of anilines is 1. The van der Waals surface area contributed by atoms with Crippen LogP contribution in [0.5, 0.6) is 0 Å². The smallest absolute Gasteiger partial charge is 0.266 e. The average Bonchev–Trinajstić information content (AvgIpc) is 3.45. The van der Waals surface area contributed by atoms with Crippen molar-refractivity contribution in [2.24, 2.45) is 12.8 Å². The summed E-state index contributed by atoms with van der Waals surface area (Å²) in [5.74, 6) is -4.10. The van der Waals surface area contributed by atoms with Crippen molar-refractivity contribution in [3.8, 4) is 28.6 Å². The van der Waals surface area contributed by atoms with Crippen LogP contribution in [-0.4, -0.2) is 54.4 Å². The van der Waals surface area contributed by atoms with Crippen molar-refractivity contribution < 1.29 is 17.6 Å². The molecule has 1 saturated heterocycles. The minimum Gasteiger partial charge on any atom is -0.352 e. The molecule has 1 atom stereocenters. The molecular weight excluding hydrogens is 502 g/mol. The molecule has 1 aliphatic heterocycles. The van der Waals surface area contributed by atoms with E-state index in [2.05, 4.69) is 15.3 Å². The van der Waals surface area contributed by atoms with Gasteiger partial charge in [0.05, 0.1) is 28.5 Å². The van der Waals surface area contributed by atoms with Gasteiger partial charge in [0.15, 0.2) is 11.5 Å². The molecule has 1 aliphatic rings. The fourth-order valence-electron chi connectivity index (χ4n) is 4.76. The van der Waals surface area contributed by atoms with Crippen LogP contribution in [0.15, 0.2) is 42.7 Å². The molecule has 0 unspecified atom stereocenters. The van der Waals surface area contributed by atoms with Gasteiger partial charge in [-0.1, -0.05) is 11.3 Å². The zero-order valence-corrected chi connectivity index (χ0v) is 19.9. The number of aromatic nitrogens is 6. The van der Waals surface area contributed by atoms with Crippen LogP contribution < -0.4 is 10.6 Å². The average molecular weight is 521 g/mol. The van der Waals surface area contributed by atoms with Crippen LogP contribution in [0.4, 0.5) is 23.4 Å². The monoisotopic (exact) mass is 521 g/mol. The quantitative estimate of drug-likeness (QED) is 0.361. The summed E-state index contributed by atoms with van der Waals surface area (Å²) in [5.41, 5.74) is 7.60. The van der Waals surface area contributed by atoms with Crippen LogP contribution in [0.2, 0.25) is 0 Å². The van der Waals surface area contributed by atoms with Gasteiger partial charge in [0.2, 0.25) is 0 Å². The predicted molar refractivity (Wildman–Crippen MR) is 130 cm³/mol. The molecule has 13 heteroatoms. The molecule has 0 aliphatic carbocycles. The number of nitriles is 1. The number of hydrogen-bond donors (Lipinski definition) is 1. The number of rotatable bonds is 3. The van der Waals surface area contributed by atoms with E-state index in [1.54, 1.807) is 28.6 Å². The van der Waals surface area contributed by atoms with Crippen molar-refractivity contribution in [3.63, 3.8) is 0 Å². The molecule has 0 amide bonds. The van der Waals surface area contributed by atoms with E-state index < -0.39 is 30.0 Å². The van der Waals surface area contributed by atoms with Gasteiger partial charge >= 0.3 is 0 Å². The molecule has 2 N–H and O–H groups in total. The molecule has 3 aromatic heterocycles. The van der Waals surface area contributed by atoms with Gasteiger partial charge in [-0.25, -0.2) is 32.2 Å². The van der Waals surface area contributed by atoms with Crippen molar-refractivity contribution in [1.82, 2.24) is 29.4 Å². The first kappa shape index (κ1) is 23.8. The van der Waals surface area contributed by atoms with Crippen LogP contribution in [0.1, 0.15) is 12.0 Å². The van der Waals surface area contributed by atoms with Crippen LogP contribution in [0.25, 0.3) is 39.2 Å². The lowest BCUT2D eigenvalue weighted by atomic mass is 10.0. The third-order valence-corrected chi connectivity index (χ3v) is 6.82. The Kier molecular flexibility index (Phi) is 5.32. The zero-order valence-electron chi connectivity index (χ0n) is 19.9. The zero-order chi connectivity index (χ0) is 26.8. The van der Waals surface area contributed by atoms with Gasteiger partial charge in [-0.15, -0.1) is 5.10 Å². The Hall–Kier alpha value is -4.57. The summed E-state index contributed by atoms with van der Waals surface area (Å²) in [4.78, 5) is 10.7. The van der Waals surface area contributed by atoms with Crippen LogP contribution >= 0.6 is 0 Å². The molecule has 0 spiro atoms. The summed E-state index contributed by atoms with van der Waals surface area (Å²) in [6.45, 7) is -0.182. The van der Waals surface area contributed by atoms with Gasteiger partial charge in [0.1, 0.15) is 23.2 Å². The third-order valence-electron chi connectivity index (χ3n) is 6.82. The number of imidazole rings is 1. The third kappa shape index (κ3) is 3.64. The van der Waals surface area contributed by atoms with Crippen LogP contribution in [0.3, 0.4) is 0 Å². The van der Waals surface area contributed by atoms with Crippen molar-refractivity contribution in [3.05, 3.63) is 59.9 Å². The Morgan fingerprint density at radius 3 is 2.71 bits per heavy atom. The number of nitrogens with zero attached hydrogens (tertiary/aromatic N) is 8. The maximum atomic E-state index is 15.6. The van der Waals surface area contributed by atoms with E-state index in [-0.39, 0.29) is 52.6 Å². The van der Waals surface area contributed by atoms with Crippen molar-refractivity contribution in [1.29, 1.82) is 5.26 Å². The van der Waals surface area contributed by atoms with E-state index in [1.165, 1.54) is 35.1 Å². The summed E-state index contributed by atoms with van der Waals surface area (Å²) in [7, 11) is 1.64. The number of alkyl halides is 2.